The van der Waals surface area contributed by atoms with Crippen LogP contribution in [-0.4, -0.2) is 59.9 Å². The first-order valence-corrected chi connectivity index (χ1v) is 12.1. The van der Waals surface area contributed by atoms with Crippen molar-refractivity contribution in [2.45, 2.75) is 12.8 Å². The molecule has 2 aromatic rings. The van der Waals surface area contributed by atoms with Crippen molar-refractivity contribution < 1.29 is 24.2 Å². The molecule has 0 atom stereocenters. The van der Waals surface area contributed by atoms with Crippen molar-refractivity contribution in [2.24, 2.45) is 4.99 Å². The quantitative estimate of drug-likeness (QED) is 0.547. The molecule has 0 unspecified atom stereocenters. The molecule has 3 heterocycles. The minimum absolute atomic E-state index is 0.100. The Bertz CT molecular complexity index is 1200. The molecule has 0 saturated heterocycles. The van der Waals surface area contributed by atoms with Crippen LogP contribution in [-0.2, 0) is 9.59 Å². The molecule has 0 bridgehead atoms. The van der Waals surface area contributed by atoms with Crippen LogP contribution >= 0.6 is 23.4 Å². The fraction of sp³-hybridized carbons (Fsp3) is 0.292. The standard InChI is InChI=1S/C24H22ClN3O5S/c25-15-11-17(22-19(13-21(30)31)34-24-26-7-9-28(22)24)23-18(12-15)27(20(29)14-33-23)8-4-10-32-16-5-2-1-3-6-16/h1-3,5-6,11-12H,4,7-10,13-14H2,(H,30,31). The van der Waals surface area contributed by atoms with Gasteiger partial charge in [0.25, 0.3) is 5.91 Å². The van der Waals surface area contributed by atoms with Crippen molar-refractivity contribution in [3.05, 3.63) is 58.0 Å². The summed E-state index contributed by atoms with van der Waals surface area (Å²) in [4.78, 5) is 33.1. The van der Waals surface area contributed by atoms with Crippen molar-refractivity contribution in [2.75, 3.05) is 37.7 Å². The number of carbonyl (C=O) groups is 2. The number of fused-ring (bicyclic) bond motifs is 2. The summed E-state index contributed by atoms with van der Waals surface area (Å²) in [5, 5.41) is 10.7. The van der Waals surface area contributed by atoms with Gasteiger partial charge in [0.15, 0.2) is 17.5 Å². The summed E-state index contributed by atoms with van der Waals surface area (Å²) < 4.78 is 11.7. The number of aliphatic imine (C=N–C) groups is 1. The van der Waals surface area contributed by atoms with Crippen LogP contribution in [0, 0.1) is 0 Å². The van der Waals surface area contributed by atoms with E-state index in [4.69, 9.17) is 21.1 Å². The number of rotatable bonds is 8. The van der Waals surface area contributed by atoms with Crippen LogP contribution in [0.1, 0.15) is 18.4 Å². The fourth-order valence-corrected chi connectivity index (χ4v) is 5.61. The maximum Gasteiger partial charge on any atom is 0.308 e. The van der Waals surface area contributed by atoms with E-state index in [1.54, 1.807) is 17.0 Å². The van der Waals surface area contributed by atoms with Crippen molar-refractivity contribution in [1.82, 2.24) is 4.90 Å². The third kappa shape index (κ3) is 4.45. The highest BCUT2D eigenvalue weighted by Gasteiger charge is 2.37. The van der Waals surface area contributed by atoms with Gasteiger partial charge in [0.05, 0.1) is 31.0 Å². The molecule has 10 heteroatoms. The lowest BCUT2D eigenvalue weighted by molar-refractivity contribution is -0.136. The number of amides is 1. The van der Waals surface area contributed by atoms with Crippen LogP contribution in [0.4, 0.5) is 5.69 Å². The largest absolute Gasteiger partial charge is 0.494 e. The third-order valence-electron chi connectivity index (χ3n) is 5.62. The molecule has 34 heavy (non-hydrogen) atoms. The number of hydrogen-bond acceptors (Lipinski definition) is 7. The van der Waals surface area contributed by atoms with E-state index in [0.29, 0.717) is 59.6 Å². The highest BCUT2D eigenvalue weighted by molar-refractivity contribution is 8.17. The number of halogens is 1. The lowest BCUT2D eigenvalue weighted by Crippen LogP contribution is -2.40. The molecule has 0 spiro atoms. The summed E-state index contributed by atoms with van der Waals surface area (Å²) in [6.45, 7) is 2.09. The Hall–Kier alpha value is -3.17. The number of amidine groups is 1. The molecule has 0 radical (unpaired) electrons. The summed E-state index contributed by atoms with van der Waals surface area (Å²) in [5.74, 6) is 0.221. The Morgan fingerprint density at radius 1 is 1.26 bits per heavy atom. The van der Waals surface area contributed by atoms with Crippen LogP contribution in [0.15, 0.2) is 52.4 Å². The number of ether oxygens (including phenoxy) is 2. The van der Waals surface area contributed by atoms with Gasteiger partial charge in [-0.2, -0.15) is 0 Å². The van der Waals surface area contributed by atoms with Gasteiger partial charge < -0.3 is 24.4 Å². The number of aliphatic carboxylic acids is 1. The molecule has 3 aliphatic heterocycles. The monoisotopic (exact) mass is 499 g/mol. The zero-order valence-corrected chi connectivity index (χ0v) is 19.8. The van der Waals surface area contributed by atoms with Crippen molar-refractivity contribution in [1.29, 1.82) is 0 Å². The zero-order chi connectivity index (χ0) is 23.7. The molecular formula is C24H22ClN3O5S. The predicted octanol–water partition coefficient (Wildman–Crippen LogP) is 4.10. The van der Waals surface area contributed by atoms with Gasteiger partial charge in [-0.05, 0) is 30.7 Å². The maximum absolute atomic E-state index is 12.8. The molecule has 0 aliphatic carbocycles. The van der Waals surface area contributed by atoms with Crippen LogP contribution in [0.2, 0.25) is 5.02 Å². The highest BCUT2D eigenvalue weighted by atomic mass is 35.5. The second-order valence-electron chi connectivity index (χ2n) is 7.91. The minimum Gasteiger partial charge on any atom is -0.494 e. The number of nitrogens with zero attached hydrogens (tertiary/aromatic N) is 3. The number of anilines is 1. The number of para-hydroxylation sites is 1. The number of benzene rings is 2. The smallest absolute Gasteiger partial charge is 0.308 e. The first-order valence-electron chi connectivity index (χ1n) is 10.9. The Morgan fingerprint density at radius 3 is 2.88 bits per heavy atom. The third-order valence-corrected chi connectivity index (χ3v) is 6.96. The van der Waals surface area contributed by atoms with Gasteiger partial charge >= 0.3 is 5.97 Å². The van der Waals surface area contributed by atoms with Gasteiger partial charge in [0, 0.05) is 28.6 Å². The molecule has 0 saturated carbocycles. The number of carboxylic acids is 1. The van der Waals surface area contributed by atoms with E-state index in [0.717, 1.165) is 16.6 Å². The van der Waals surface area contributed by atoms with Crippen LogP contribution in [0.25, 0.3) is 5.70 Å². The van der Waals surface area contributed by atoms with Crippen LogP contribution in [0.3, 0.4) is 0 Å². The van der Waals surface area contributed by atoms with Crippen molar-refractivity contribution in [3.8, 4) is 11.5 Å². The Kier molecular flexibility index (Phi) is 6.38. The zero-order valence-electron chi connectivity index (χ0n) is 18.2. The fourth-order valence-electron chi connectivity index (χ4n) is 4.21. The summed E-state index contributed by atoms with van der Waals surface area (Å²) in [7, 11) is 0. The molecule has 1 N–H and O–H groups in total. The molecule has 0 fully saturated rings. The van der Waals surface area contributed by atoms with E-state index in [2.05, 4.69) is 4.99 Å². The first kappa shape index (κ1) is 22.6. The van der Waals surface area contributed by atoms with Gasteiger partial charge in [0.1, 0.15) is 5.75 Å². The number of carboxylic acid groups (broad SMARTS) is 1. The summed E-state index contributed by atoms with van der Waals surface area (Å²) >= 11 is 7.86. The molecule has 2 aromatic carbocycles. The molecule has 3 aliphatic rings. The van der Waals surface area contributed by atoms with Gasteiger partial charge in [-0.25, -0.2) is 0 Å². The molecule has 1 amide bonds. The van der Waals surface area contributed by atoms with E-state index in [1.807, 2.05) is 35.2 Å². The average Bonchev–Trinajstić information content (AvgIpc) is 3.38. The Labute approximate surface area is 205 Å². The summed E-state index contributed by atoms with van der Waals surface area (Å²) in [5.41, 5.74) is 2.00. The maximum atomic E-state index is 12.8. The number of thioether (sulfide) groups is 1. The lowest BCUT2D eigenvalue weighted by atomic mass is 10.0. The number of hydrogen-bond donors (Lipinski definition) is 1. The number of carbonyl (C=O) groups excluding carboxylic acids is 1. The second-order valence-corrected chi connectivity index (χ2v) is 9.41. The topological polar surface area (TPSA) is 91.7 Å². The summed E-state index contributed by atoms with van der Waals surface area (Å²) in [6.07, 6.45) is 0.490. The molecule has 176 valence electrons. The van der Waals surface area contributed by atoms with E-state index in [9.17, 15) is 14.7 Å². The molecule has 5 rings (SSSR count). The normalized spacial score (nSPS) is 16.9. The van der Waals surface area contributed by atoms with E-state index >= 15 is 0 Å². The Balaban J connectivity index is 1.44. The summed E-state index contributed by atoms with van der Waals surface area (Å²) in [6, 6.07) is 13.0. The van der Waals surface area contributed by atoms with Crippen molar-refractivity contribution in [3.63, 3.8) is 0 Å². The highest BCUT2D eigenvalue weighted by Crippen LogP contribution is 2.49. The predicted molar refractivity (Wildman–Crippen MR) is 132 cm³/mol. The molecular weight excluding hydrogens is 478 g/mol. The SMILES string of the molecule is O=C(O)CC1=C(c2cc(Cl)cc3c2OCC(=O)N3CCCOc2ccccc2)N2CCN=C2S1. The van der Waals surface area contributed by atoms with Gasteiger partial charge in [-0.3, -0.25) is 14.6 Å². The lowest BCUT2D eigenvalue weighted by Gasteiger charge is -2.32. The van der Waals surface area contributed by atoms with E-state index < -0.39 is 5.97 Å². The van der Waals surface area contributed by atoms with Crippen LogP contribution < -0.4 is 14.4 Å². The van der Waals surface area contributed by atoms with Crippen molar-refractivity contribution >= 4 is 51.8 Å². The first-order chi connectivity index (χ1) is 16.5. The van der Waals surface area contributed by atoms with Gasteiger partial charge in [0.2, 0.25) is 0 Å². The molecule has 8 nitrogen and oxygen atoms in total. The minimum atomic E-state index is -0.922. The van der Waals surface area contributed by atoms with Gasteiger partial charge in [-0.1, -0.05) is 41.6 Å². The molecule has 0 aromatic heterocycles. The average molecular weight is 500 g/mol. The van der Waals surface area contributed by atoms with E-state index in [-0.39, 0.29) is 18.9 Å². The van der Waals surface area contributed by atoms with Gasteiger partial charge in [-0.15, -0.1) is 0 Å². The second kappa shape index (κ2) is 9.60. The Morgan fingerprint density at radius 2 is 2.09 bits per heavy atom. The van der Waals surface area contributed by atoms with Crippen LogP contribution in [0.5, 0.6) is 11.5 Å². The van der Waals surface area contributed by atoms with E-state index in [1.165, 1.54) is 11.8 Å².